The van der Waals surface area contributed by atoms with Gasteiger partial charge in [-0.05, 0) is 39.2 Å². The predicted molar refractivity (Wildman–Crippen MR) is 88.8 cm³/mol. The number of halogens is 4. The van der Waals surface area contributed by atoms with Gasteiger partial charge in [0.2, 0.25) is 0 Å². The molecule has 0 aliphatic carbocycles. The summed E-state index contributed by atoms with van der Waals surface area (Å²) in [5.41, 5.74) is -1.44. The van der Waals surface area contributed by atoms with Crippen LogP contribution < -0.4 is 10.2 Å². The van der Waals surface area contributed by atoms with Crippen molar-refractivity contribution < 1.29 is 22.7 Å². The van der Waals surface area contributed by atoms with Crippen molar-refractivity contribution in [3.8, 4) is 0 Å². The molecule has 1 saturated heterocycles. The Kier molecular flexibility index (Phi) is 5.71. The summed E-state index contributed by atoms with van der Waals surface area (Å²) in [6.07, 6.45) is -3.40. The first-order valence-corrected chi connectivity index (χ1v) is 8.28. The van der Waals surface area contributed by atoms with E-state index >= 15 is 0 Å². The van der Waals surface area contributed by atoms with Crippen LogP contribution in [0.2, 0.25) is 5.02 Å². The second-order valence-corrected chi connectivity index (χ2v) is 7.42. The van der Waals surface area contributed by atoms with Crippen LogP contribution in [0.5, 0.6) is 0 Å². The van der Waals surface area contributed by atoms with Crippen LogP contribution in [0.15, 0.2) is 12.3 Å². The van der Waals surface area contributed by atoms with Gasteiger partial charge in [0.25, 0.3) is 0 Å². The van der Waals surface area contributed by atoms with E-state index in [0.29, 0.717) is 25.5 Å². The van der Waals surface area contributed by atoms with Crippen molar-refractivity contribution in [2.24, 2.45) is 5.92 Å². The van der Waals surface area contributed by atoms with E-state index in [9.17, 15) is 18.0 Å². The molecular weight excluding hydrogens is 359 g/mol. The third kappa shape index (κ3) is 5.66. The standard InChI is InChI=1S/C16H21ClF3N3O2/c1-15(2,3)25-14(24)22-7-10-4-5-23(9-10)13-12(17)6-11(8-21-13)16(18,19)20/h6,8,10H,4-5,7,9H2,1-3H3,(H,22,24). The van der Waals surface area contributed by atoms with Crippen LogP contribution in [0, 0.1) is 5.92 Å². The molecule has 1 amide bonds. The summed E-state index contributed by atoms with van der Waals surface area (Å²) >= 11 is 5.97. The fraction of sp³-hybridized carbons (Fsp3) is 0.625. The minimum atomic E-state index is -4.47. The van der Waals surface area contributed by atoms with Crippen LogP contribution in [0.1, 0.15) is 32.8 Å². The SMILES string of the molecule is CC(C)(C)OC(=O)NCC1CCN(c2ncc(C(F)(F)F)cc2Cl)C1. The van der Waals surface area contributed by atoms with Crippen LogP contribution in [-0.2, 0) is 10.9 Å². The number of pyridine rings is 1. The number of hydrogen-bond donors (Lipinski definition) is 1. The van der Waals surface area contributed by atoms with Crippen LogP contribution in [0.4, 0.5) is 23.8 Å². The molecule has 1 aliphatic heterocycles. The molecule has 1 fully saturated rings. The Morgan fingerprint density at radius 3 is 2.68 bits per heavy atom. The Balaban J connectivity index is 1.91. The van der Waals surface area contributed by atoms with Gasteiger partial charge in [0.05, 0.1) is 10.6 Å². The first-order valence-electron chi connectivity index (χ1n) is 7.90. The molecule has 1 unspecified atom stereocenters. The molecule has 0 aromatic carbocycles. The van der Waals surface area contributed by atoms with Crippen LogP contribution in [-0.4, -0.2) is 36.3 Å². The lowest BCUT2D eigenvalue weighted by atomic mass is 10.1. The average Bonchev–Trinajstić information content (AvgIpc) is 2.91. The zero-order chi connectivity index (χ0) is 18.8. The summed E-state index contributed by atoms with van der Waals surface area (Å²) in [6, 6.07) is 0.885. The van der Waals surface area contributed by atoms with Crippen LogP contribution in [0.3, 0.4) is 0 Å². The number of nitrogens with one attached hydrogen (secondary N) is 1. The van der Waals surface area contributed by atoms with Gasteiger partial charge in [-0.1, -0.05) is 11.6 Å². The van der Waals surface area contributed by atoms with E-state index in [0.717, 1.165) is 18.7 Å². The fourth-order valence-corrected chi connectivity index (χ4v) is 2.84. The number of aromatic nitrogens is 1. The van der Waals surface area contributed by atoms with Gasteiger partial charge in [0.1, 0.15) is 11.4 Å². The zero-order valence-electron chi connectivity index (χ0n) is 14.3. The van der Waals surface area contributed by atoms with Crippen molar-refractivity contribution >= 4 is 23.5 Å². The number of alkyl carbamates (subject to hydrolysis) is 1. The van der Waals surface area contributed by atoms with Crippen molar-refractivity contribution in [3.05, 3.63) is 22.8 Å². The highest BCUT2D eigenvalue weighted by Gasteiger charge is 2.33. The van der Waals surface area contributed by atoms with Gasteiger partial charge in [-0.25, -0.2) is 9.78 Å². The average molecular weight is 380 g/mol. The second kappa shape index (κ2) is 7.27. The summed E-state index contributed by atoms with van der Waals surface area (Å²) in [5.74, 6) is 0.474. The summed E-state index contributed by atoms with van der Waals surface area (Å²) in [7, 11) is 0. The predicted octanol–water partition coefficient (Wildman–Crippen LogP) is 4.10. The minimum absolute atomic E-state index is 0.0319. The normalized spacial score (nSPS) is 18.4. The third-order valence-electron chi connectivity index (χ3n) is 3.67. The molecule has 2 rings (SSSR count). The highest BCUT2D eigenvalue weighted by molar-refractivity contribution is 6.33. The molecule has 0 bridgehead atoms. The van der Waals surface area contributed by atoms with Gasteiger partial charge in [-0.3, -0.25) is 0 Å². The Bertz CT molecular complexity index is 632. The number of amides is 1. The number of rotatable bonds is 3. The molecule has 0 saturated carbocycles. The van der Waals surface area contributed by atoms with Gasteiger partial charge in [-0.15, -0.1) is 0 Å². The summed E-state index contributed by atoms with van der Waals surface area (Å²) in [5, 5.41) is 2.67. The van der Waals surface area contributed by atoms with Crippen LogP contribution in [0.25, 0.3) is 0 Å². The number of hydrogen-bond acceptors (Lipinski definition) is 4. The molecule has 9 heteroatoms. The topological polar surface area (TPSA) is 54.5 Å². The molecule has 5 nitrogen and oxygen atoms in total. The smallest absolute Gasteiger partial charge is 0.417 e. The molecule has 25 heavy (non-hydrogen) atoms. The summed E-state index contributed by atoms with van der Waals surface area (Å²) in [6.45, 7) is 6.92. The van der Waals surface area contributed by atoms with Crippen molar-refractivity contribution in [2.45, 2.75) is 39.0 Å². The van der Waals surface area contributed by atoms with E-state index in [1.165, 1.54) is 0 Å². The van der Waals surface area contributed by atoms with E-state index in [2.05, 4.69) is 10.3 Å². The van der Waals surface area contributed by atoms with Gasteiger partial charge < -0.3 is 15.0 Å². The van der Waals surface area contributed by atoms with E-state index in [1.807, 2.05) is 4.90 Å². The number of alkyl halides is 3. The maximum absolute atomic E-state index is 12.7. The van der Waals surface area contributed by atoms with Crippen LogP contribution >= 0.6 is 11.6 Å². The molecule has 1 aromatic heterocycles. The van der Waals surface area contributed by atoms with Crippen molar-refractivity contribution in [3.63, 3.8) is 0 Å². The largest absolute Gasteiger partial charge is 0.444 e. The number of anilines is 1. The van der Waals surface area contributed by atoms with Gasteiger partial charge in [0, 0.05) is 25.8 Å². The lowest BCUT2D eigenvalue weighted by Crippen LogP contribution is -2.36. The monoisotopic (exact) mass is 379 g/mol. The maximum atomic E-state index is 12.7. The summed E-state index contributed by atoms with van der Waals surface area (Å²) < 4.78 is 43.2. The molecule has 140 valence electrons. The van der Waals surface area contributed by atoms with Crippen molar-refractivity contribution in [2.75, 3.05) is 24.5 Å². The Labute approximate surface area is 149 Å². The Morgan fingerprint density at radius 2 is 2.12 bits per heavy atom. The highest BCUT2D eigenvalue weighted by Crippen LogP contribution is 2.34. The lowest BCUT2D eigenvalue weighted by molar-refractivity contribution is -0.137. The fourth-order valence-electron chi connectivity index (χ4n) is 2.55. The quantitative estimate of drug-likeness (QED) is 0.858. The van der Waals surface area contributed by atoms with E-state index in [1.54, 1.807) is 20.8 Å². The minimum Gasteiger partial charge on any atom is -0.444 e. The maximum Gasteiger partial charge on any atom is 0.417 e. The molecule has 1 atom stereocenters. The number of ether oxygens (including phenoxy) is 1. The highest BCUT2D eigenvalue weighted by atomic mass is 35.5. The number of carbonyl (C=O) groups excluding carboxylic acids is 1. The Hall–Kier alpha value is -1.70. The zero-order valence-corrected chi connectivity index (χ0v) is 15.0. The molecule has 1 N–H and O–H groups in total. The molecule has 0 radical (unpaired) electrons. The van der Waals surface area contributed by atoms with Gasteiger partial charge >= 0.3 is 12.3 Å². The number of carbonyl (C=O) groups is 1. The van der Waals surface area contributed by atoms with E-state index in [4.69, 9.17) is 16.3 Å². The molecule has 1 aliphatic rings. The lowest BCUT2D eigenvalue weighted by Gasteiger charge is -2.21. The van der Waals surface area contributed by atoms with Crippen molar-refractivity contribution in [1.82, 2.24) is 10.3 Å². The van der Waals surface area contributed by atoms with E-state index in [-0.39, 0.29) is 10.9 Å². The second-order valence-electron chi connectivity index (χ2n) is 7.01. The molecule has 0 spiro atoms. The first-order chi connectivity index (χ1) is 11.5. The van der Waals surface area contributed by atoms with Crippen molar-refractivity contribution in [1.29, 1.82) is 0 Å². The molecule has 1 aromatic rings. The molecular formula is C16H21ClF3N3O2. The summed E-state index contributed by atoms with van der Waals surface area (Å²) in [4.78, 5) is 17.4. The Morgan fingerprint density at radius 1 is 1.44 bits per heavy atom. The molecule has 2 heterocycles. The van der Waals surface area contributed by atoms with Gasteiger partial charge in [0.15, 0.2) is 0 Å². The number of nitrogens with zero attached hydrogens (tertiary/aromatic N) is 2. The third-order valence-corrected chi connectivity index (χ3v) is 3.95. The van der Waals surface area contributed by atoms with E-state index < -0.39 is 23.4 Å². The van der Waals surface area contributed by atoms with Gasteiger partial charge in [-0.2, -0.15) is 13.2 Å². The first kappa shape index (κ1) is 19.6.